The predicted octanol–water partition coefficient (Wildman–Crippen LogP) is 2.86. The molecular weight excluding hydrogens is 364 g/mol. The van der Waals surface area contributed by atoms with Gasteiger partial charge in [-0.2, -0.15) is 5.10 Å². The van der Waals surface area contributed by atoms with Gasteiger partial charge in [-0.1, -0.05) is 6.07 Å². The van der Waals surface area contributed by atoms with Crippen LogP contribution in [0.4, 0.5) is 5.82 Å². The molecule has 29 heavy (non-hydrogen) atoms. The number of amides is 1. The lowest BCUT2D eigenvalue weighted by Gasteiger charge is -2.35. The standard InChI is InChI=1S/C22H26N6O/c1-15-5-6-19(13-16(15)2)22(29)27-11-9-26(10-12-27)20-7-8-21(24-23-20)28-18(4)14-17(3)25-28/h5-8,13-14H,9-12H2,1-4H3. The average Bonchev–Trinajstić information content (AvgIpc) is 3.08. The molecule has 0 radical (unpaired) electrons. The molecule has 150 valence electrons. The fourth-order valence-corrected chi connectivity index (χ4v) is 3.66. The van der Waals surface area contributed by atoms with Crippen LogP contribution < -0.4 is 4.90 Å². The van der Waals surface area contributed by atoms with Crippen LogP contribution in [-0.4, -0.2) is 57.0 Å². The van der Waals surface area contributed by atoms with E-state index in [1.807, 2.05) is 62.1 Å². The minimum Gasteiger partial charge on any atom is -0.352 e. The number of piperazine rings is 1. The molecule has 1 amide bonds. The van der Waals surface area contributed by atoms with Gasteiger partial charge in [-0.15, -0.1) is 10.2 Å². The Labute approximate surface area is 171 Å². The van der Waals surface area contributed by atoms with Gasteiger partial charge in [0, 0.05) is 37.4 Å². The number of carbonyl (C=O) groups is 1. The van der Waals surface area contributed by atoms with E-state index < -0.39 is 0 Å². The van der Waals surface area contributed by atoms with Crippen molar-refractivity contribution >= 4 is 11.7 Å². The van der Waals surface area contributed by atoms with Crippen LogP contribution in [0, 0.1) is 27.7 Å². The normalized spacial score (nSPS) is 14.3. The maximum absolute atomic E-state index is 12.8. The SMILES string of the molecule is Cc1cc(C)n(-c2ccc(N3CCN(C(=O)c4ccc(C)c(C)c4)CC3)nn2)n1. The number of rotatable bonds is 3. The zero-order valence-corrected chi connectivity index (χ0v) is 17.4. The van der Waals surface area contributed by atoms with Crippen molar-refractivity contribution < 1.29 is 4.79 Å². The average molecular weight is 390 g/mol. The third-order valence-electron chi connectivity index (χ3n) is 5.51. The number of aromatic nitrogens is 4. The number of nitrogens with zero attached hydrogens (tertiary/aromatic N) is 6. The van der Waals surface area contributed by atoms with E-state index in [-0.39, 0.29) is 5.91 Å². The highest BCUT2D eigenvalue weighted by Gasteiger charge is 2.23. The Bertz CT molecular complexity index is 1030. The molecule has 0 spiro atoms. The minimum absolute atomic E-state index is 0.0960. The first-order valence-corrected chi connectivity index (χ1v) is 9.91. The molecule has 1 fully saturated rings. The van der Waals surface area contributed by atoms with Gasteiger partial charge in [0.2, 0.25) is 0 Å². The number of anilines is 1. The lowest BCUT2D eigenvalue weighted by Crippen LogP contribution is -2.49. The first-order valence-electron chi connectivity index (χ1n) is 9.91. The maximum atomic E-state index is 12.8. The third kappa shape index (κ3) is 3.85. The van der Waals surface area contributed by atoms with E-state index in [4.69, 9.17) is 0 Å². The summed E-state index contributed by atoms with van der Waals surface area (Å²) in [7, 11) is 0. The van der Waals surface area contributed by atoms with Gasteiger partial charge in [0.15, 0.2) is 11.6 Å². The van der Waals surface area contributed by atoms with E-state index in [9.17, 15) is 4.79 Å². The molecule has 3 aromatic rings. The van der Waals surface area contributed by atoms with E-state index in [0.29, 0.717) is 18.9 Å². The highest BCUT2D eigenvalue weighted by atomic mass is 16.2. The van der Waals surface area contributed by atoms with Crippen molar-refractivity contribution in [2.75, 3.05) is 31.1 Å². The zero-order valence-electron chi connectivity index (χ0n) is 17.4. The number of aryl methyl sites for hydroxylation is 4. The largest absolute Gasteiger partial charge is 0.352 e. The van der Waals surface area contributed by atoms with Gasteiger partial charge in [-0.05, 0) is 69.2 Å². The molecule has 7 nitrogen and oxygen atoms in total. The topological polar surface area (TPSA) is 67.2 Å². The van der Waals surface area contributed by atoms with Crippen molar-refractivity contribution in [3.05, 3.63) is 64.5 Å². The Kier molecular flexibility index (Phi) is 5.05. The van der Waals surface area contributed by atoms with Crippen molar-refractivity contribution in [2.24, 2.45) is 0 Å². The first-order chi connectivity index (χ1) is 13.9. The molecule has 3 heterocycles. The molecule has 2 aromatic heterocycles. The Hall–Kier alpha value is -3.22. The molecule has 0 atom stereocenters. The van der Waals surface area contributed by atoms with Gasteiger partial charge in [-0.3, -0.25) is 4.79 Å². The van der Waals surface area contributed by atoms with Crippen molar-refractivity contribution in [2.45, 2.75) is 27.7 Å². The predicted molar refractivity (Wildman–Crippen MR) is 113 cm³/mol. The number of hydrogen-bond acceptors (Lipinski definition) is 5. The van der Waals surface area contributed by atoms with Gasteiger partial charge in [0.25, 0.3) is 5.91 Å². The minimum atomic E-state index is 0.0960. The van der Waals surface area contributed by atoms with Gasteiger partial charge >= 0.3 is 0 Å². The zero-order chi connectivity index (χ0) is 20.5. The quantitative estimate of drug-likeness (QED) is 0.688. The van der Waals surface area contributed by atoms with Crippen LogP contribution >= 0.6 is 0 Å². The Morgan fingerprint density at radius 1 is 0.828 bits per heavy atom. The van der Waals surface area contributed by atoms with Crippen LogP contribution in [0.5, 0.6) is 0 Å². The van der Waals surface area contributed by atoms with Crippen LogP contribution in [0.25, 0.3) is 5.82 Å². The fourth-order valence-electron chi connectivity index (χ4n) is 3.66. The maximum Gasteiger partial charge on any atom is 0.253 e. The summed E-state index contributed by atoms with van der Waals surface area (Å²) in [5.41, 5.74) is 5.10. The molecule has 0 saturated carbocycles. The summed E-state index contributed by atoms with van der Waals surface area (Å²) in [4.78, 5) is 16.9. The second kappa shape index (κ2) is 7.66. The number of carbonyl (C=O) groups excluding carboxylic acids is 1. The molecule has 1 aromatic carbocycles. The fraction of sp³-hybridized carbons (Fsp3) is 0.364. The molecule has 4 rings (SSSR count). The summed E-state index contributed by atoms with van der Waals surface area (Å²) in [5, 5.41) is 13.2. The number of hydrogen-bond donors (Lipinski definition) is 0. The number of benzene rings is 1. The molecule has 1 saturated heterocycles. The molecule has 7 heteroatoms. The van der Waals surface area contributed by atoms with Crippen molar-refractivity contribution in [1.29, 1.82) is 0 Å². The second-order valence-electron chi connectivity index (χ2n) is 7.67. The summed E-state index contributed by atoms with van der Waals surface area (Å²) in [5.74, 6) is 1.63. The van der Waals surface area contributed by atoms with Crippen molar-refractivity contribution in [1.82, 2.24) is 24.9 Å². The third-order valence-corrected chi connectivity index (χ3v) is 5.51. The summed E-state index contributed by atoms with van der Waals surface area (Å²) in [6.45, 7) is 10.9. The lowest BCUT2D eigenvalue weighted by molar-refractivity contribution is 0.0746. The molecule has 1 aliphatic heterocycles. The van der Waals surface area contributed by atoms with Crippen LogP contribution in [0.1, 0.15) is 32.9 Å². The Morgan fingerprint density at radius 2 is 1.52 bits per heavy atom. The molecule has 0 bridgehead atoms. The van der Waals surface area contributed by atoms with E-state index in [0.717, 1.165) is 41.4 Å². The van der Waals surface area contributed by atoms with Crippen LogP contribution in [0.3, 0.4) is 0 Å². The van der Waals surface area contributed by atoms with E-state index >= 15 is 0 Å². The van der Waals surface area contributed by atoms with Gasteiger partial charge in [0.05, 0.1) is 5.69 Å². The first kappa shape index (κ1) is 19.1. The molecule has 0 unspecified atom stereocenters. The van der Waals surface area contributed by atoms with Gasteiger partial charge < -0.3 is 9.80 Å². The van der Waals surface area contributed by atoms with Gasteiger partial charge in [-0.25, -0.2) is 4.68 Å². The van der Waals surface area contributed by atoms with Crippen molar-refractivity contribution in [3.63, 3.8) is 0 Å². The summed E-state index contributed by atoms with van der Waals surface area (Å²) in [6, 6.07) is 11.8. The lowest BCUT2D eigenvalue weighted by atomic mass is 10.1. The summed E-state index contributed by atoms with van der Waals surface area (Å²) < 4.78 is 1.80. The van der Waals surface area contributed by atoms with Crippen molar-refractivity contribution in [3.8, 4) is 5.82 Å². The highest BCUT2D eigenvalue weighted by Crippen LogP contribution is 2.17. The van der Waals surface area contributed by atoms with E-state index in [2.05, 4.69) is 27.1 Å². The van der Waals surface area contributed by atoms with Crippen LogP contribution in [-0.2, 0) is 0 Å². The molecule has 0 N–H and O–H groups in total. The summed E-state index contributed by atoms with van der Waals surface area (Å²) in [6.07, 6.45) is 0. The smallest absolute Gasteiger partial charge is 0.253 e. The molecular formula is C22H26N6O. The highest BCUT2D eigenvalue weighted by molar-refractivity contribution is 5.94. The Balaban J connectivity index is 1.41. The van der Waals surface area contributed by atoms with Crippen LogP contribution in [0.15, 0.2) is 36.4 Å². The Morgan fingerprint density at radius 3 is 2.10 bits per heavy atom. The summed E-state index contributed by atoms with van der Waals surface area (Å²) >= 11 is 0. The molecule has 1 aliphatic rings. The van der Waals surface area contributed by atoms with Gasteiger partial charge in [0.1, 0.15) is 0 Å². The monoisotopic (exact) mass is 390 g/mol. The second-order valence-corrected chi connectivity index (χ2v) is 7.67. The van der Waals surface area contributed by atoms with E-state index in [1.165, 1.54) is 5.56 Å². The molecule has 0 aliphatic carbocycles. The van der Waals surface area contributed by atoms with Crippen LogP contribution in [0.2, 0.25) is 0 Å². The van der Waals surface area contributed by atoms with E-state index in [1.54, 1.807) is 4.68 Å².